The summed E-state index contributed by atoms with van der Waals surface area (Å²) in [5.41, 5.74) is 18.4. The third kappa shape index (κ3) is 4.80. The fourth-order valence-electron chi connectivity index (χ4n) is 10.6. The van der Waals surface area contributed by atoms with E-state index in [-0.39, 0.29) is 0 Å². The molecule has 4 nitrogen and oxygen atoms in total. The van der Waals surface area contributed by atoms with Gasteiger partial charge in [-0.15, -0.1) is 0 Å². The van der Waals surface area contributed by atoms with Crippen molar-refractivity contribution in [3.63, 3.8) is 0 Å². The summed E-state index contributed by atoms with van der Waals surface area (Å²) in [6.07, 6.45) is 0. The minimum atomic E-state index is -0.452. The van der Waals surface area contributed by atoms with Gasteiger partial charge in [0.2, 0.25) is 0 Å². The van der Waals surface area contributed by atoms with Gasteiger partial charge in [-0.05, 0) is 56.6 Å². The Balaban J connectivity index is 1.10. The number of hydrogen-bond acceptors (Lipinski definition) is 3. The Kier molecular flexibility index (Phi) is 7.49. The second-order valence-corrected chi connectivity index (χ2v) is 16.2. The molecule has 2 aromatic heterocycles. The number of fused-ring (bicyclic) bond motifs is 14. The van der Waals surface area contributed by atoms with Crippen LogP contribution in [0.4, 0.5) is 0 Å². The van der Waals surface area contributed by atoms with Crippen LogP contribution >= 0.6 is 0 Å². The molecule has 0 saturated carbocycles. The van der Waals surface area contributed by atoms with Crippen LogP contribution in [-0.4, -0.2) is 19.5 Å². The van der Waals surface area contributed by atoms with E-state index in [0.717, 1.165) is 39.0 Å². The Labute approximate surface area is 359 Å². The van der Waals surface area contributed by atoms with E-state index in [1.54, 1.807) is 0 Å². The van der Waals surface area contributed by atoms with Gasteiger partial charge in [0.1, 0.15) is 0 Å². The summed E-state index contributed by atoms with van der Waals surface area (Å²) in [4.78, 5) is 15.4. The highest BCUT2D eigenvalue weighted by atomic mass is 15.0. The largest absolute Gasteiger partial charge is 0.308 e. The van der Waals surface area contributed by atoms with Crippen molar-refractivity contribution in [2.75, 3.05) is 0 Å². The maximum absolute atomic E-state index is 5.20. The van der Waals surface area contributed by atoms with Gasteiger partial charge in [-0.1, -0.05) is 206 Å². The predicted octanol–water partition coefficient (Wildman–Crippen LogP) is 14.0. The van der Waals surface area contributed by atoms with Crippen molar-refractivity contribution >= 4 is 21.8 Å². The summed E-state index contributed by atoms with van der Waals surface area (Å²) in [6.45, 7) is 0. The van der Waals surface area contributed by atoms with E-state index < -0.39 is 5.41 Å². The van der Waals surface area contributed by atoms with Crippen molar-refractivity contribution in [3.8, 4) is 73.2 Å². The Morgan fingerprint density at radius 2 is 0.774 bits per heavy atom. The number of rotatable bonds is 5. The number of para-hydroxylation sites is 2. The monoisotopic (exact) mass is 788 g/mol. The zero-order chi connectivity index (χ0) is 40.8. The third-order valence-electron chi connectivity index (χ3n) is 13.1. The summed E-state index contributed by atoms with van der Waals surface area (Å²) in [5, 5.41) is 2.45. The lowest BCUT2D eigenvalue weighted by atomic mass is 9.70. The maximum atomic E-state index is 5.20. The smallest absolute Gasteiger partial charge is 0.164 e. The first-order valence-electron chi connectivity index (χ1n) is 21.2. The molecule has 0 aliphatic heterocycles. The summed E-state index contributed by atoms with van der Waals surface area (Å²) < 4.78 is 2.52. The average Bonchev–Trinajstić information content (AvgIpc) is 3.96. The first kappa shape index (κ1) is 34.6. The van der Waals surface area contributed by atoms with Crippen molar-refractivity contribution in [2.24, 2.45) is 0 Å². The minimum Gasteiger partial charge on any atom is -0.308 e. The van der Waals surface area contributed by atoms with Crippen molar-refractivity contribution < 1.29 is 0 Å². The summed E-state index contributed by atoms with van der Waals surface area (Å²) in [6, 6.07) is 78.5. The second-order valence-electron chi connectivity index (χ2n) is 16.2. The van der Waals surface area contributed by atoms with E-state index in [9.17, 15) is 0 Å². The van der Waals surface area contributed by atoms with Gasteiger partial charge in [0.25, 0.3) is 0 Å². The van der Waals surface area contributed by atoms with E-state index >= 15 is 0 Å². The number of benzene rings is 9. The van der Waals surface area contributed by atoms with Crippen LogP contribution in [-0.2, 0) is 5.41 Å². The van der Waals surface area contributed by atoms with Crippen molar-refractivity contribution in [1.82, 2.24) is 19.5 Å². The Hall–Kier alpha value is -8.21. The van der Waals surface area contributed by atoms with Gasteiger partial charge >= 0.3 is 0 Å². The molecule has 2 aliphatic carbocycles. The molecule has 0 amide bonds. The van der Waals surface area contributed by atoms with Crippen LogP contribution < -0.4 is 0 Å². The Bertz CT molecular complexity index is 3480. The molecule has 13 rings (SSSR count). The molecule has 0 radical (unpaired) electrons. The minimum absolute atomic E-state index is 0.452. The second kappa shape index (κ2) is 13.4. The summed E-state index contributed by atoms with van der Waals surface area (Å²) in [5.74, 6) is 1.90. The molecule has 1 spiro atoms. The maximum Gasteiger partial charge on any atom is 0.164 e. The molecular weight excluding hydrogens is 753 g/mol. The molecule has 288 valence electrons. The van der Waals surface area contributed by atoms with E-state index in [0.29, 0.717) is 17.5 Å². The van der Waals surface area contributed by atoms with Crippen molar-refractivity contribution in [1.29, 1.82) is 0 Å². The van der Waals surface area contributed by atoms with Crippen LogP contribution in [0.3, 0.4) is 0 Å². The van der Waals surface area contributed by atoms with E-state index in [1.807, 2.05) is 36.4 Å². The van der Waals surface area contributed by atoms with Gasteiger partial charge in [-0.25, -0.2) is 15.0 Å². The molecule has 2 aliphatic rings. The van der Waals surface area contributed by atoms with Gasteiger partial charge in [0, 0.05) is 38.6 Å². The van der Waals surface area contributed by atoms with Crippen LogP contribution in [0.5, 0.6) is 0 Å². The Morgan fingerprint density at radius 1 is 0.306 bits per heavy atom. The quantitative estimate of drug-likeness (QED) is 0.174. The lowest BCUT2D eigenvalue weighted by molar-refractivity contribution is 0.794. The van der Waals surface area contributed by atoms with Gasteiger partial charge < -0.3 is 4.57 Å². The highest BCUT2D eigenvalue weighted by Gasteiger charge is 2.52. The van der Waals surface area contributed by atoms with E-state index in [2.05, 4.69) is 187 Å². The lowest BCUT2D eigenvalue weighted by Gasteiger charge is -2.30. The summed E-state index contributed by atoms with van der Waals surface area (Å²) in [7, 11) is 0. The normalized spacial score (nSPS) is 13.0. The van der Waals surface area contributed by atoms with Crippen LogP contribution in [0, 0.1) is 0 Å². The van der Waals surface area contributed by atoms with Crippen molar-refractivity contribution in [3.05, 3.63) is 241 Å². The number of nitrogens with zero attached hydrogens (tertiary/aromatic N) is 4. The molecule has 0 unspecified atom stereocenters. The lowest BCUT2D eigenvalue weighted by Crippen LogP contribution is -2.25. The molecule has 11 aromatic rings. The fraction of sp³-hybridized carbons (Fsp3) is 0.0172. The van der Waals surface area contributed by atoms with Gasteiger partial charge in [0.05, 0.1) is 22.1 Å². The molecule has 0 fully saturated rings. The number of hydrogen-bond donors (Lipinski definition) is 0. The summed E-state index contributed by atoms with van der Waals surface area (Å²) >= 11 is 0. The van der Waals surface area contributed by atoms with E-state index in [4.69, 9.17) is 15.0 Å². The molecule has 4 heteroatoms. The van der Waals surface area contributed by atoms with Gasteiger partial charge in [0.15, 0.2) is 17.5 Å². The van der Waals surface area contributed by atoms with Crippen LogP contribution in [0.2, 0.25) is 0 Å². The Morgan fingerprint density at radius 3 is 1.42 bits per heavy atom. The molecule has 0 N–H and O–H groups in total. The zero-order valence-electron chi connectivity index (χ0n) is 33.6. The zero-order valence-corrected chi connectivity index (χ0v) is 33.6. The fourth-order valence-corrected chi connectivity index (χ4v) is 10.6. The standard InChI is InChI=1S/C58H36N4/c1-3-19-37(20-4-1)55-59-56(38-21-5-2-6-22-38)61-57(60-55)45-28-8-7-23-39(45)42-26-12-17-33-51(42)62-52-34-18-13-27-43(52)44-35-36-50-53(54(44)62)46-29-11-16-32-49(46)58(50)47-30-14-9-24-40(47)41-25-10-15-31-48(41)58/h1-36H. The van der Waals surface area contributed by atoms with E-state index in [1.165, 1.54) is 60.8 Å². The highest BCUT2D eigenvalue weighted by molar-refractivity contribution is 6.17. The molecule has 0 saturated heterocycles. The number of aromatic nitrogens is 4. The first-order valence-corrected chi connectivity index (χ1v) is 21.2. The highest BCUT2D eigenvalue weighted by Crippen LogP contribution is 2.64. The van der Waals surface area contributed by atoms with Gasteiger partial charge in [-0.2, -0.15) is 0 Å². The predicted molar refractivity (Wildman–Crippen MR) is 252 cm³/mol. The first-order chi connectivity index (χ1) is 30.8. The van der Waals surface area contributed by atoms with Gasteiger partial charge in [-0.3, -0.25) is 0 Å². The average molecular weight is 789 g/mol. The molecular formula is C58H36N4. The SMILES string of the molecule is c1ccc(-c2nc(-c3ccccc3)nc(-c3ccccc3-c3ccccc3-n3c4ccccc4c4ccc5c(c43)-c3ccccc3C53c4ccccc4-c4ccccc43)n2)cc1. The van der Waals surface area contributed by atoms with Crippen LogP contribution in [0.25, 0.3) is 95.0 Å². The molecule has 9 aromatic carbocycles. The molecule has 0 atom stereocenters. The van der Waals surface area contributed by atoms with Crippen molar-refractivity contribution in [2.45, 2.75) is 5.41 Å². The molecule has 62 heavy (non-hydrogen) atoms. The molecule has 2 heterocycles. The molecule has 0 bridgehead atoms. The topological polar surface area (TPSA) is 43.6 Å². The van der Waals surface area contributed by atoms with Crippen LogP contribution in [0.15, 0.2) is 218 Å². The van der Waals surface area contributed by atoms with Crippen LogP contribution in [0.1, 0.15) is 22.3 Å². The third-order valence-corrected chi connectivity index (χ3v) is 13.1.